The lowest BCUT2D eigenvalue weighted by molar-refractivity contribution is 0.626. The van der Waals surface area contributed by atoms with Gasteiger partial charge in [0, 0.05) is 16.2 Å². The summed E-state index contributed by atoms with van der Waals surface area (Å²) in [6.07, 6.45) is 0. The van der Waals surface area contributed by atoms with E-state index in [1.165, 1.54) is 23.9 Å². The van der Waals surface area contributed by atoms with E-state index in [9.17, 15) is 4.39 Å². The third-order valence-corrected chi connectivity index (χ3v) is 3.80. The molecular formula is C17H13FN2S. The van der Waals surface area contributed by atoms with E-state index in [1.807, 2.05) is 43.3 Å². The van der Waals surface area contributed by atoms with Crippen molar-refractivity contribution >= 4 is 11.8 Å². The van der Waals surface area contributed by atoms with Gasteiger partial charge in [-0.25, -0.2) is 14.4 Å². The molecule has 0 N–H and O–H groups in total. The Morgan fingerprint density at radius 3 is 2.33 bits per heavy atom. The summed E-state index contributed by atoms with van der Waals surface area (Å²) in [7, 11) is 0. The van der Waals surface area contributed by atoms with Gasteiger partial charge in [-0.3, -0.25) is 0 Å². The molecule has 1 aromatic heterocycles. The minimum absolute atomic E-state index is 0.241. The monoisotopic (exact) mass is 296 g/mol. The lowest BCUT2D eigenvalue weighted by Crippen LogP contribution is -1.93. The van der Waals surface area contributed by atoms with E-state index < -0.39 is 0 Å². The molecule has 104 valence electrons. The zero-order valence-electron chi connectivity index (χ0n) is 11.5. The maximum atomic E-state index is 12.9. The van der Waals surface area contributed by atoms with Crippen molar-refractivity contribution in [1.29, 1.82) is 0 Å². The largest absolute Gasteiger partial charge is 0.228 e. The van der Waals surface area contributed by atoms with Crippen molar-refractivity contribution in [2.24, 2.45) is 0 Å². The Labute approximate surface area is 127 Å². The van der Waals surface area contributed by atoms with E-state index in [1.54, 1.807) is 12.1 Å². The van der Waals surface area contributed by atoms with Gasteiger partial charge < -0.3 is 0 Å². The van der Waals surface area contributed by atoms with Crippen LogP contribution < -0.4 is 0 Å². The molecule has 2 nitrogen and oxygen atoms in total. The summed E-state index contributed by atoms with van der Waals surface area (Å²) >= 11 is 1.43. The van der Waals surface area contributed by atoms with Gasteiger partial charge >= 0.3 is 0 Å². The number of aryl methyl sites for hydroxylation is 1. The van der Waals surface area contributed by atoms with Crippen molar-refractivity contribution in [3.05, 3.63) is 72.2 Å². The first kappa shape index (κ1) is 13.8. The van der Waals surface area contributed by atoms with E-state index >= 15 is 0 Å². The summed E-state index contributed by atoms with van der Waals surface area (Å²) < 4.78 is 12.9. The molecule has 0 spiro atoms. The molecule has 4 heteroatoms. The second kappa shape index (κ2) is 6.06. The molecule has 0 bridgehead atoms. The second-order valence-corrected chi connectivity index (χ2v) is 5.64. The minimum atomic E-state index is -0.241. The summed E-state index contributed by atoms with van der Waals surface area (Å²) in [6, 6.07) is 18.3. The Balaban J connectivity index is 1.93. The second-order valence-electron chi connectivity index (χ2n) is 4.60. The molecule has 0 aliphatic carbocycles. The van der Waals surface area contributed by atoms with Crippen LogP contribution in [0.1, 0.15) is 5.69 Å². The van der Waals surface area contributed by atoms with Crippen LogP contribution in [-0.2, 0) is 0 Å². The highest BCUT2D eigenvalue weighted by molar-refractivity contribution is 7.99. The Hall–Kier alpha value is -2.20. The van der Waals surface area contributed by atoms with Gasteiger partial charge in [0.15, 0.2) is 5.16 Å². The summed E-state index contributed by atoms with van der Waals surface area (Å²) in [4.78, 5) is 9.93. The maximum absolute atomic E-state index is 12.9. The van der Waals surface area contributed by atoms with Gasteiger partial charge in [0.25, 0.3) is 0 Å². The van der Waals surface area contributed by atoms with Crippen LogP contribution in [0.3, 0.4) is 0 Å². The Morgan fingerprint density at radius 1 is 0.905 bits per heavy atom. The fraction of sp³-hybridized carbons (Fsp3) is 0.0588. The van der Waals surface area contributed by atoms with Gasteiger partial charge in [-0.05, 0) is 49.0 Å². The predicted octanol–water partition coefficient (Wildman–Crippen LogP) is 4.74. The number of halogens is 1. The summed E-state index contributed by atoms with van der Waals surface area (Å²) in [5.74, 6) is -0.241. The summed E-state index contributed by atoms with van der Waals surface area (Å²) in [6.45, 7) is 1.95. The zero-order valence-corrected chi connectivity index (χ0v) is 12.3. The van der Waals surface area contributed by atoms with Crippen LogP contribution in [0.5, 0.6) is 0 Å². The normalized spacial score (nSPS) is 10.6. The van der Waals surface area contributed by atoms with E-state index in [-0.39, 0.29) is 5.82 Å². The molecule has 0 aliphatic rings. The number of nitrogens with zero attached hydrogens (tertiary/aromatic N) is 2. The van der Waals surface area contributed by atoms with Crippen molar-refractivity contribution in [2.45, 2.75) is 17.0 Å². The first-order chi connectivity index (χ1) is 10.2. The van der Waals surface area contributed by atoms with E-state index in [2.05, 4.69) is 9.97 Å². The molecule has 1 heterocycles. The molecule has 3 rings (SSSR count). The van der Waals surface area contributed by atoms with Crippen molar-refractivity contribution in [2.75, 3.05) is 0 Å². The lowest BCUT2D eigenvalue weighted by atomic mass is 10.1. The van der Waals surface area contributed by atoms with Crippen LogP contribution in [0.4, 0.5) is 4.39 Å². The Morgan fingerprint density at radius 2 is 1.62 bits per heavy atom. The van der Waals surface area contributed by atoms with Crippen molar-refractivity contribution < 1.29 is 4.39 Å². The first-order valence-corrected chi connectivity index (χ1v) is 7.37. The predicted molar refractivity (Wildman–Crippen MR) is 82.7 cm³/mol. The summed E-state index contributed by atoms with van der Waals surface area (Å²) in [5.41, 5.74) is 2.87. The molecule has 0 atom stereocenters. The van der Waals surface area contributed by atoms with Gasteiger partial charge in [-0.15, -0.1) is 0 Å². The summed E-state index contributed by atoms with van der Waals surface area (Å²) in [5, 5.41) is 0.667. The molecule has 0 fully saturated rings. The van der Waals surface area contributed by atoms with E-state index in [4.69, 9.17) is 0 Å². The molecular weight excluding hydrogens is 283 g/mol. The number of aromatic nitrogens is 2. The Bertz CT molecular complexity index is 742. The lowest BCUT2D eigenvalue weighted by Gasteiger charge is -2.06. The van der Waals surface area contributed by atoms with Gasteiger partial charge in [0.05, 0.1) is 5.69 Å². The average Bonchev–Trinajstić information content (AvgIpc) is 2.50. The van der Waals surface area contributed by atoms with Crippen LogP contribution >= 0.6 is 11.8 Å². The Kier molecular flexibility index (Phi) is 3.97. The van der Waals surface area contributed by atoms with E-state index in [0.29, 0.717) is 5.16 Å². The number of rotatable bonds is 3. The average molecular weight is 296 g/mol. The highest BCUT2D eigenvalue weighted by Gasteiger charge is 2.06. The standard InChI is InChI=1S/C17H13FN2S/c1-12-11-16(13-5-3-2-4-6-13)20-17(19-12)21-15-9-7-14(18)8-10-15/h2-11H,1H3. The zero-order chi connectivity index (χ0) is 14.7. The quantitative estimate of drug-likeness (QED) is 0.653. The van der Waals surface area contributed by atoms with E-state index in [0.717, 1.165) is 21.8 Å². The van der Waals surface area contributed by atoms with Gasteiger partial charge in [-0.1, -0.05) is 30.3 Å². The fourth-order valence-electron chi connectivity index (χ4n) is 1.95. The van der Waals surface area contributed by atoms with Crippen LogP contribution in [-0.4, -0.2) is 9.97 Å². The molecule has 0 saturated heterocycles. The topological polar surface area (TPSA) is 25.8 Å². The van der Waals surface area contributed by atoms with Crippen molar-refractivity contribution in [3.63, 3.8) is 0 Å². The van der Waals surface area contributed by atoms with Crippen LogP contribution in [0.15, 0.2) is 70.7 Å². The molecule has 3 aromatic rings. The fourth-order valence-corrected chi connectivity index (χ4v) is 2.77. The first-order valence-electron chi connectivity index (χ1n) is 6.55. The van der Waals surface area contributed by atoms with Crippen LogP contribution in [0.2, 0.25) is 0 Å². The minimum Gasteiger partial charge on any atom is -0.228 e. The molecule has 0 saturated carbocycles. The highest BCUT2D eigenvalue weighted by atomic mass is 32.2. The molecule has 0 unspecified atom stereocenters. The van der Waals surface area contributed by atoms with Gasteiger partial charge in [0.2, 0.25) is 0 Å². The van der Waals surface area contributed by atoms with Crippen LogP contribution in [0, 0.1) is 12.7 Å². The smallest absolute Gasteiger partial charge is 0.193 e. The van der Waals surface area contributed by atoms with Gasteiger partial charge in [-0.2, -0.15) is 0 Å². The highest BCUT2D eigenvalue weighted by Crippen LogP contribution is 2.27. The molecule has 21 heavy (non-hydrogen) atoms. The number of hydrogen-bond acceptors (Lipinski definition) is 3. The third-order valence-electron chi connectivity index (χ3n) is 2.93. The van der Waals surface area contributed by atoms with Gasteiger partial charge in [0.1, 0.15) is 5.82 Å². The number of benzene rings is 2. The molecule has 0 aliphatic heterocycles. The number of hydrogen-bond donors (Lipinski definition) is 0. The molecule has 0 radical (unpaired) electrons. The third kappa shape index (κ3) is 3.47. The SMILES string of the molecule is Cc1cc(-c2ccccc2)nc(Sc2ccc(F)cc2)n1. The molecule has 0 amide bonds. The molecule has 2 aromatic carbocycles. The van der Waals surface area contributed by atoms with Crippen LogP contribution in [0.25, 0.3) is 11.3 Å². The maximum Gasteiger partial charge on any atom is 0.193 e. The van der Waals surface area contributed by atoms with Crippen molar-refractivity contribution in [1.82, 2.24) is 9.97 Å². The van der Waals surface area contributed by atoms with Crippen molar-refractivity contribution in [3.8, 4) is 11.3 Å².